The van der Waals surface area contributed by atoms with Gasteiger partial charge in [-0.05, 0) is 50.5 Å². The van der Waals surface area contributed by atoms with Crippen LogP contribution in [-0.2, 0) is 9.59 Å². The quantitative estimate of drug-likeness (QED) is 0.670. The number of carbonyl (C=O) groups is 3. The van der Waals surface area contributed by atoms with Crippen LogP contribution in [0, 0.1) is 0 Å². The number of hydrogen-bond donors (Lipinski definition) is 3. The molecule has 0 saturated heterocycles. The highest BCUT2D eigenvalue weighted by Crippen LogP contribution is 2.22. The molecular weight excluding hydrogens is 350 g/mol. The molecular formula is C19H23N3O5. The molecule has 8 nitrogen and oxygen atoms in total. The molecule has 0 unspecified atom stereocenters. The maximum Gasteiger partial charge on any atom is 0.290 e. The summed E-state index contributed by atoms with van der Waals surface area (Å²) in [5.74, 6) is 0.279. The van der Waals surface area contributed by atoms with Gasteiger partial charge in [0, 0.05) is 5.56 Å². The molecule has 0 aliphatic heterocycles. The van der Waals surface area contributed by atoms with Crippen LogP contribution in [0.5, 0.6) is 5.75 Å². The second kappa shape index (κ2) is 11.3. The Kier molecular flexibility index (Phi) is 9.04. The summed E-state index contributed by atoms with van der Waals surface area (Å²) < 4.78 is 5.08. The van der Waals surface area contributed by atoms with E-state index < -0.39 is 0 Å². The van der Waals surface area contributed by atoms with E-state index in [9.17, 15) is 9.59 Å². The Balaban J connectivity index is 0.00000114. The molecule has 0 radical (unpaired) electrons. The number of ether oxygens (including phenoxy) is 1. The molecule has 2 aromatic carbocycles. The first-order valence-electron chi connectivity index (χ1n) is 7.98. The molecule has 0 aliphatic carbocycles. The topological polar surface area (TPSA) is 108 Å². The lowest BCUT2D eigenvalue weighted by Crippen LogP contribution is -2.27. The first-order chi connectivity index (χ1) is 12.9. The fourth-order valence-electron chi connectivity index (χ4n) is 2.11. The van der Waals surface area contributed by atoms with Crippen molar-refractivity contribution in [3.8, 4) is 5.75 Å². The largest absolute Gasteiger partial charge is 0.497 e. The van der Waals surface area contributed by atoms with E-state index >= 15 is 0 Å². The molecule has 0 aliphatic rings. The third-order valence-corrected chi connectivity index (χ3v) is 3.26. The SMILES string of the molecule is COc1ccc(C(=O)Nc2ccccc2NC(=O)CN(C)C)cc1.O=CO. The van der Waals surface area contributed by atoms with Crippen LogP contribution in [0.4, 0.5) is 11.4 Å². The van der Waals surface area contributed by atoms with Crippen LogP contribution in [0.15, 0.2) is 48.5 Å². The Morgan fingerprint density at radius 1 is 1.04 bits per heavy atom. The molecule has 0 spiro atoms. The fourth-order valence-corrected chi connectivity index (χ4v) is 2.11. The zero-order chi connectivity index (χ0) is 20.2. The van der Waals surface area contributed by atoms with Crippen LogP contribution in [0.3, 0.4) is 0 Å². The van der Waals surface area contributed by atoms with E-state index in [0.29, 0.717) is 22.7 Å². The van der Waals surface area contributed by atoms with Crippen LogP contribution in [0.25, 0.3) is 0 Å². The Labute approximate surface area is 157 Å². The second-order valence-corrected chi connectivity index (χ2v) is 5.62. The van der Waals surface area contributed by atoms with Crippen LogP contribution in [0.1, 0.15) is 10.4 Å². The third-order valence-electron chi connectivity index (χ3n) is 3.26. The van der Waals surface area contributed by atoms with E-state index in [0.717, 1.165) is 0 Å². The summed E-state index contributed by atoms with van der Waals surface area (Å²) in [6.45, 7) is 0.0146. The average Bonchev–Trinajstić information content (AvgIpc) is 2.63. The molecule has 0 atom stereocenters. The zero-order valence-corrected chi connectivity index (χ0v) is 15.4. The minimum Gasteiger partial charge on any atom is -0.497 e. The van der Waals surface area contributed by atoms with Gasteiger partial charge in [0.15, 0.2) is 0 Å². The molecule has 0 aromatic heterocycles. The highest BCUT2D eigenvalue weighted by Gasteiger charge is 2.11. The average molecular weight is 373 g/mol. The summed E-state index contributed by atoms with van der Waals surface area (Å²) in [5, 5.41) is 12.5. The van der Waals surface area contributed by atoms with Crippen molar-refractivity contribution in [1.82, 2.24) is 4.90 Å². The van der Waals surface area contributed by atoms with Gasteiger partial charge in [0.1, 0.15) is 5.75 Å². The van der Waals surface area contributed by atoms with Crippen molar-refractivity contribution in [3.05, 3.63) is 54.1 Å². The molecule has 2 aromatic rings. The molecule has 8 heteroatoms. The highest BCUT2D eigenvalue weighted by molar-refractivity contribution is 6.07. The predicted molar refractivity (Wildman–Crippen MR) is 103 cm³/mol. The van der Waals surface area contributed by atoms with Crippen molar-refractivity contribution in [3.63, 3.8) is 0 Å². The van der Waals surface area contributed by atoms with Crippen LogP contribution < -0.4 is 15.4 Å². The van der Waals surface area contributed by atoms with Crippen molar-refractivity contribution in [2.24, 2.45) is 0 Å². The predicted octanol–water partition coefficient (Wildman–Crippen LogP) is 2.15. The molecule has 27 heavy (non-hydrogen) atoms. The summed E-state index contributed by atoms with van der Waals surface area (Å²) in [6, 6.07) is 13.9. The zero-order valence-electron chi connectivity index (χ0n) is 15.4. The summed E-state index contributed by atoms with van der Waals surface area (Å²) in [6.07, 6.45) is 0. The summed E-state index contributed by atoms with van der Waals surface area (Å²) in [7, 11) is 5.20. The number of para-hydroxylation sites is 2. The third kappa shape index (κ3) is 7.57. The normalized spacial score (nSPS) is 9.63. The van der Waals surface area contributed by atoms with Gasteiger partial charge in [-0.25, -0.2) is 0 Å². The minimum atomic E-state index is -0.257. The van der Waals surface area contributed by atoms with Gasteiger partial charge < -0.3 is 25.4 Å². The number of benzene rings is 2. The number of anilines is 2. The molecule has 0 saturated carbocycles. The van der Waals surface area contributed by atoms with Crippen molar-refractivity contribution in [2.45, 2.75) is 0 Å². The second-order valence-electron chi connectivity index (χ2n) is 5.62. The van der Waals surface area contributed by atoms with Crippen LogP contribution in [-0.4, -0.2) is 56.0 Å². The monoisotopic (exact) mass is 373 g/mol. The van der Waals surface area contributed by atoms with Gasteiger partial charge >= 0.3 is 0 Å². The summed E-state index contributed by atoms with van der Waals surface area (Å²) in [4.78, 5) is 34.4. The number of nitrogens with zero attached hydrogens (tertiary/aromatic N) is 1. The van der Waals surface area contributed by atoms with E-state index in [2.05, 4.69) is 10.6 Å². The van der Waals surface area contributed by atoms with Crippen LogP contribution in [0.2, 0.25) is 0 Å². The number of amides is 2. The Hall–Kier alpha value is -3.39. The van der Waals surface area contributed by atoms with Gasteiger partial charge in [0.2, 0.25) is 5.91 Å². The number of carbonyl (C=O) groups excluding carboxylic acids is 2. The van der Waals surface area contributed by atoms with E-state index in [4.69, 9.17) is 14.6 Å². The fraction of sp³-hybridized carbons (Fsp3) is 0.211. The number of nitrogens with one attached hydrogen (secondary N) is 2. The number of rotatable bonds is 6. The summed E-state index contributed by atoms with van der Waals surface area (Å²) in [5.41, 5.74) is 1.61. The standard InChI is InChI=1S/C18H21N3O3.CH2O2/c1-21(2)12-17(22)19-15-6-4-5-7-16(15)20-18(23)13-8-10-14(24-3)11-9-13;2-1-3/h4-11H,12H2,1-3H3,(H,19,22)(H,20,23);1H,(H,2,3). The lowest BCUT2D eigenvalue weighted by atomic mass is 10.2. The van der Waals surface area contributed by atoms with Gasteiger partial charge in [-0.2, -0.15) is 0 Å². The van der Waals surface area contributed by atoms with Crippen molar-refractivity contribution in [2.75, 3.05) is 38.4 Å². The highest BCUT2D eigenvalue weighted by atomic mass is 16.5. The molecule has 3 N–H and O–H groups in total. The van der Waals surface area contributed by atoms with Gasteiger partial charge in [-0.1, -0.05) is 12.1 Å². The minimum absolute atomic E-state index is 0.147. The van der Waals surface area contributed by atoms with E-state index in [-0.39, 0.29) is 24.8 Å². The van der Waals surface area contributed by atoms with Crippen molar-refractivity contribution in [1.29, 1.82) is 0 Å². The van der Waals surface area contributed by atoms with Crippen LogP contribution >= 0.6 is 0 Å². The summed E-state index contributed by atoms with van der Waals surface area (Å²) >= 11 is 0. The molecule has 2 amide bonds. The van der Waals surface area contributed by atoms with E-state index in [1.807, 2.05) is 14.1 Å². The van der Waals surface area contributed by atoms with Gasteiger partial charge in [-0.15, -0.1) is 0 Å². The van der Waals surface area contributed by atoms with Gasteiger partial charge in [0.25, 0.3) is 12.4 Å². The first kappa shape index (κ1) is 21.7. The van der Waals surface area contributed by atoms with E-state index in [1.165, 1.54) is 0 Å². The van der Waals surface area contributed by atoms with Crippen molar-refractivity contribution >= 4 is 29.7 Å². The molecule has 0 bridgehead atoms. The van der Waals surface area contributed by atoms with Gasteiger partial charge in [0.05, 0.1) is 25.0 Å². The first-order valence-corrected chi connectivity index (χ1v) is 7.98. The number of hydrogen-bond acceptors (Lipinski definition) is 5. The Bertz CT molecular complexity index is 760. The van der Waals surface area contributed by atoms with Gasteiger partial charge in [-0.3, -0.25) is 14.4 Å². The smallest absolute Gasteiger partial charge is 0.290 e. The molecule has 0 heterocycles. The maximum absolute atomic E-state index is 12.4. The van der Waals surface area contributed by atoms with E-state index in [1.54, 1.807) is 60.5 Å². The lowest BCUT2D eigenvalue weighted by molar-refractivity contribution is -0.123. The Morgan fingerprint density at radius 3 is 2.04 bits per heavy atom. The Morgan fingerprint density at radius 2 is 1.56 bits per heavy atom. The number of carboxylic acid groups (broad SMARTS) is 1. The number of methoxy groups -OCH3 is 1. The lowest BCUT2D eigenvalue weighted by Gasteiger charge is -2.14. The maximum atomic E-state index is 12.4. The molecule has 144 valence electrons. The number of likely N-dealkylation sites (N-methyl/N-ethyl adjacent to an activating group) is 1. The molecule has 0 fully saturated rings. The molecule has 2 rings (SSSR count). The van der Waals surface area contributed by atoms with Crippen molar-refractivity contribution < 1.29 is 24.2 Å².